The van der Waals surface area contributed by atoms with Crippen LogP contribution in [0.25, 0.3) is 0 Å². The fourth-order valence-electron chi connectivity index (χ4n) is 4.40. The molecule has 1 aliphatic heterocycles. The minimum Gasteiger partial charge on any atom is -0.494 e. The van der Waals surface area contributed by atoms with Crippen molar-refractivity contribution in [2.24, 2.45) is 0 Å². The first kappa shape index (κ1) is 23.7. The average Bonchev–Trinajstić information content (AvgIpc) is 2.84. The molecule has 1 heterocycles. The van der Waals surface area contributed by atoms with Gasteiger partial charge in [0, 0.05) is 23.4 Å². The Bertz CT molecular complexity index is 1210. The SMILES string of the molecule is CCOc1ccc(NC(=O)CSC2=C(C#N)[C@@H](c3ccccc3C)C3=C(CCCC3=O)N2)cc1. The number of rotatable bonds is 7. The minimum atomic E-state index is -0.410. The predicted octanol–water partition coefficient (Wildman–Crippen LogP) is 5.19. The Hall–Kier alpha value is -3.50. The number of carbonyl (C=O) groups is 2. The number of carbonyl (C=O) groups excluding carboxylic acids is 2. The Kier molecular flexibility index (Phi) is 7.39. The highest BCUT2D eigenvalue weighted by atomic mass is 32.2. The molecule has 0 saturated carbocycles. The summed E-state index contributed by atoms with van der Waals surface area (Å²) in [4.78, 5) is 25.6. The molecule has 2 aromatic carbocycles. The number of nitrogens with one attached hydrogen (secondary N) is 2. The van der Waals surface area contributed by atoms with Crippen molar-refractivity contribution >= 4 is 29.1 Å². The second-order valence-corrected chi connectivity index (χ2v) is 9.22. The zero-order valence-electron chi connectivity index (χ0n) is 19.3. The van der Waals surface area contributed by atoms with Gasteiger partial charge in [0.05, 0.1) is 34.9 Å². The number of ketones is 1. The molecule has 2 N–H and O–H groups in total. The van der Waals surface area contributed by atoms with Gasteiger partial charge in [0.2, 0.25) is 5.91 Å². The molecule has 174 valence electrons. The summed E-state index contributed by atoms with van der Waals surface area (Å²) >= 11 is 1.29. The van der Waals surface area contributed by atoms with Crippen molar-refractivity contribution in [2.75, 3.05) is 17.7 Å². The van der Waals surface area contributed by atoms with Crippen LogP contribution in [0.5, 0.6) is 5.75 Å². The van der Waals surface area contributed by atoms with E-state index in [1.807, 2.05) is 50.2 Å². The molecule has 7 heteroatoms. The smallest absolute Gasteiger partial charge is 0.234 e. The van der Waals surface area contributed by atoms with Crippen molar-refractivity contribution in [1.29, 1.82) is 5.26 Å². The number of nitriles is 1. The van der Waals surface area contributed by atoms with E-state index in [1.165, 1.54) is 11.8 Å². The molecule has 1 amide bonds. The van der Waals surface area contributed by atoms with Gasteiger partial charge in [-0.2, -0.15) is 5.26 Å². The number of hydrogen-bond donors (Lipinski definition) is 2. The van der Waals surface area contributed by atoms with E-state index in [-0.39, 0.29) is 17.4 Å². The topological polar surface area (TPSA) is 91.2 Å². The molecule has 2 aliphatic rings. The fraction of sp³-hybridized carbons (Fsp3) is 0.296. The Balaban J connectivity index is 1.56. The van der Waals surface area contributed by atoms with E-state index in [4.69, 9.17) is 4.74 Å². The van der Waals surface area contributed by atoms with Crippen LogP contribution in [-0.4, -0.2) is 24.1 Å². The summed E-state index contributed by atoms with van der Waals surface area (Å²) in [5.41, 5.74) is 4.73. The number of hydrogen-bond acceptors (Lipinski definition) is 6. The van der Waals surface area contributed by atoms with Crippen LogP contribution in [0.3, 0.4) is 0 Å². The molecule has 2 aromatic rings. The quantitative estimate of drug-likeness (QED) is 0.575. The van der Waals surface area contributed by atoms with E-state index in [9.17, 15) is 14.9 Å². The maximum atomic E-state index is 12.9. The summed E-state index contributed by atoms with van der Waals surface area (Å²) in [5, 5.41) is 17.0. The Morgan fingerprint density at radius 3 is 2.68 bits per heavy atom. The number of allylic oxidation sites excluding steroid dienone is 3. The zero-order chi connectivity index (χ0) is 24.1. The number of Topliss-reactive ketones (excluding diaryl/α,β-unsaturated/α-hetero) is 1. The number of anilines is 1. The van der Waals surface area contributed by atoms with Gasteiger partial charge in [-0.15, -0.1) is 0 Å². The maximum Gasteiger partial charge on any atom is 0.234 e. The molecule has 6 nitrogen and oxygen atoms in total. The van der Waals surface area contributed by atoms with Crippen LogP contribution in [0.1, 0.15) is 43.2 Å². The lowest BCUT2D eigenvalue weighted by Crippen LogP contribution is -2.32. The number of dihydropyridines is 1. The third-order valence-corrected chi connectivity index (χ3v) is 6.98. The summed E-state index contributed by atoms with van der Waals surface area (Å²) in [6.07, 6.45) is 2.03. The molecular weight excluding hydrogens is 446 g/mol. The standard InChI is InChI=1S/C27H27N3O3S/c1-3-33-19-13-11-18(12-14-19)29-24(32)16-34-27-21(15-28)25(20-8-5-4-7-17(20)2)26-22(30-27)9-6-10-23(26)31/h4-5,7-8,11-14,25,30H,3,6,9-10,16H2,1-2H3,(H,29,32)/t25-/m1/s1. The van der Waals surface area contributed by atoms with E-state index in [2.05, 4.69) is 16.7 Å². The van der Waals surface area contributed by atoms with Gasteiger partial charge in [-0.3, -0.25) is 9.59 Å². The summed E-state index contributed by atoms with van der Waals surface area (Å²) < 4.78 is 5.43. The number of thioether (sulfide) groups is 1. The van der Waals surface area contributed by atoms with Crippen LogP contribution in [0.2, 0.25) is 0 Å². The Morgan fingerprint density at radius 1 is 1.21 bits per heavy atom. The first-order valence-corrected chi connectivity index (χ1v) is 12.4. The van der Waals surface area contributed by atoms with Gasteiger partial charge in [0.1, 0.15) is 5.75 Å². The second-order valence-electron chi connectivity index (χ2n) is 8.23. The highest BCUT2D eigenvalue weighted by molar-refractivity contribution is 8.03. The average molecular weight is 474 g/mol. The minimum absolute atomic E-state index is 0.0899. The van der Waals surface area contributed by atoms with Crippen LogP contribution in [0.15, 0.2) is 70.4 Å². The first-order valence-electron chi connectivity index (χ1n) is 11.4. The van der Waals surface area contributed by atoms with Gasteiger partial charge in [-0.1, -0.05) is 36.0 Å². The molecule has 0 radical (unpaired) electrons. The van der Waals surface area contributed by atoms with Crippen LogP contribution >= 0.6 is 11.8 Å². The summed E-state index contributed by atoms with van der Waals surface area (Å²) in [6.45, 7) is 4.50. The Labute approximate surface area is 204 Å². The van der Waals surface area contributed by atoms with Crippen LogP contribution in [-0.2, 0) is 9.59 Å². The normalized spacial score (nSPS) is 17.6. The van der Waals surface area contributed by atoms with Gasteiger partial charge in [0.15, 0.2) is 5.78 Å². The van der Waals surface area contributed by atoms with Crippen molar-refractivity contribution in [2.45, 2.75) is 39.0 Å². The van der Waals surface area contributed by atoms with Crippen LogP contribution < -0.4 is 15.4 Å². The van der Waals surface area contributed by atoms with Gasteiger partial charge in [-0.25, -0.2) is 0 Å². The van der Waals surface area contributed by atoms with Crippen LogP contribution in [0.4, 0.5) is 5.69 Å². The van der Waals surface area contributed by atoms with Crippen molar-refractivity contribution in [3.05, 3.63) is 81.5 Å². The van der Waals surface area contributed by atoms with Crippen molar-refractivity contribution in [3.8, 4) is 11.8 Å². The highest BCUT2D eigenvalue weighted by Crippen LogP contribution is 2.44. The molecule has 0 saturated heterocycles. The molecule has 0 unspecified atom stereocenters. The molecule has 0 aromatic heterocycles. The van der Waals surface area contributed by atoms with E-state index < -0.39 is 5.92 Å². The number of nitrogens with zero attached hydrogens (tertiary/aromatic N) is 1. The predicted molar refractivity (Wildman–Crippen MR) is 134 cm³/mol. The molecule has 0 spiro atoms. The van der Waals surface area contributed by atoms with E-state index in [0.717, 1.165) is 35.4 Å². The van der Waals surface area contributed by atoms with Gasteiger partial charge < -0.3 is 15.4 Å². The van der Waals surface area contributed by atoms with Gasteiger partial charge in [-0.05, 0) is 62.1 Å². The monoisotopic (exact) mass is 473 g/mol. The second kappa shape index (κ2) is 10.6. The fourth-order valence-corrected chi connectivity index (χ4v) is 5.26. The van der Waals surface area contributed by atoms with E-state index >= 15 is 0 Å². The van der Waals surface area contributed by atoms with Crippen molar-refractivity contribution < 1.29 is 14.3 Å². The van der Waals surface area contributed by atoms with Gasteiger partial charge in [0.25, 0.3) is 0 Å². The highest BCUT2D eigenvalue weighted by Gasteiger charge is 2.37. The number of ether oxygens (including phenoxy) is 1. The lowest BCUT2D eigenvalue weighted by molar-refractivity contribution is -0.116. The summed E-state index contributed by atoms with van der Waals surface area (Å²) in [7, 11) is 0. The Morgan fingerprint density at radius 2 is 1.97 bits per heavy atom. The molecule has 34 heavy (non-hydrogen) atoms. The number of amides is 1. The summed E-state index contributed by atoms with van der Waals surface area (Å²) in [5.74, 6) is 0.391. The third kappa shape index (κ3) is 5.02. The molecule has 1 aliphatic carbocycles. The molecular formula is C27H27N3O3S. The number of benzene rings is 2. The van der Waals surface area contributed by atoms with Gasteiger partial charge >= 0.3 is 0 Å². The van der Waals surface area contributed by atoms with Crippen LogP contribution in [0, 0.1) is 18.3 Å². The lowest BCUT2D eigenvalue weighted by Gasteiger charge is -2.33. The molecule has 4 rings (SSSR count). The largest absolute Gasteiger partial charge is 0.494 e. The van der Waals surface area contributed by atoms with Crippen molar-refractivity contribution in [1.82, 2.24) is 5.32 Å². The first-order chi connectivity index (χ1) is 16.5. The zero-order valence-corrected chi connectivity index (χ0v) is 20.1. The number of aryl methyl sites for hydroxylation is 1. The van der Waals surface area contributed by atoms with E-state index in [1.54, 1.807) is 12.1 Å². The third-order valence-electron chi connectivity index (χ3n) is 5.96. The van der Waals surface area contributed by atoms with Crippen molar-refractivity contribution in [3.63, 3.8) is 0 Å². The lowest BCUT2D eigenvalue weighted by atomic mass is 9.76. The maximum absolute atomic E-state index is 12.9. The van der Waals surface area contributed by atoms with E-state index in [0.29, 0.717) is 34.9 Å². The summed E-state index contributed by atoms with van der Waals surface area (Å²) in [6, 6.07) is 17.4. The molecule has 1 atom stereocenters. The molecule has 0 fully saturated rings. The molecule has 0 bridgehead atoms.